The van der Waals surface area contributed by atoms with Crippen LogP contribution in [0.25, 0.3) is 0 Å². The lowest BCUT2D eigenvalue weighted by Gasteiger charge is -2.33. The summed E-state index contributed by atoms with van der Waals surface area (Å²) in [5, 5.41) is 3.50. The van der Waals surface area contributed by atoms with Crippen molar-refractivity contribution in [3.8, 4) is 0 Å². The highest BCUT2D eigenvalue weighted by Gasteiger charge is 2.37. The highest BCUT2D eigenvalue weighted by Crippen LogP contribution is 2.32. The zero-order chi connectivity index (χ0) is 10.4. The summed E-state index contributed by atoms with van der Waals surface area (Å²) < 4.78 is 0. The van der Waals surface area contributed by atoms with Crippen LogP contribution < -0.4 is 5.32 Å². The summed E-state index contributed by atoms with van der Waals surface area (Å²) in [5.74, 6) is 0. The van der Waals surface area contributed by atoms with Gasteiger partial charge < -0.3 is 10.2 Å². The topological polar surface area (TPSA) is 27.6 Å². The zero-order valence-electron chi connectivity index (χ0n) is 9.20. The first-order chi connectivity index (χ1) is 6.42. The highest BCUT2D eigenvalue weighted by molar-refractivity contribution is 5.72. The van der Waals surface area contributed by atoms with Gasteiger partial charge in [-0.3, -0.25) is 4.99 Å². The van der Waals surface area contributed by atoms with E-state index in [2.05, 4.69) is 49.1 Å². The van der Waals surface area contributed by atoms with Gasteiger partial charge in [-0.25, -0.2) is 0 Å². The second-order valence-electron chi connectivity index (χ2n) is 5.05. The van der Waals surface area contributed by atoms with E-state index in [0.29, 0.717) is 0 Å². The van der Waals surface area contributed by atoms with E-state index in [0.717, 1.165) is 0 Å². The lowest BCUT2D eigenvalue weighted by molar-refractivity contribution is 0.307. The summed E-state index contributed by atoms with van der Waals surface area (Å²) in [4.78, 5) is 6.32. The van der Waals surface area contributed by atoms with Crippen molar-refractivity contribution >= 4 is 6.21 Å². The summed E-state index contributed by atoms with van der Waals surface area (Å²) in [7, 11) is 0. The van der Waals surface area contributed by atoms with E-state index in [-0.39, 0.29) is 11.1 Å². The van der Waals surface area contributed by atoms with Gasteiger partial charge in [0.1, 0.15) is 5.66 Å². The number of hydrogen-bond acceptors (Lipinski definition) is 3. The molecule has 2 aliphatic heterocycles. The second-order valence-corrected chi connectivity index (χ2v) is 5.05. The number of rotatable bonds is 0. The number of allylic oxidation sites excluding steroid dienone is 1. The largest absolute Gasteiger partial charge is 0.360 e. The van der Waals surface area contributed by atoms with Crippen molar-refractivity contribution in [2.24, 2.45) is 10.4 Å². The first-order valence-electron chi connectivity index (χ1n) is 4.92. The van der Waals surface area contributed by atoms with Crippen LogP contribution in [-0.4, -0.2) is 16.8 Å². The summed E-state index contributed by atoms with van der Waals surface area (Å²) >= 11 is 0. The molecule has 3 heteroatoms. The smallest absolute Gasteiger partial charge is 0.147 e. The van der Waals surface area contributed by atoms with Gasteiger partial charge in [0.25, 0.3) is 0 Å². The van der Waals surface area contributed by atoms with Crippen LogP contribution in [-0.2, 0) is 0 Å². The fourth-order valence-corrected chi connectivity index (χ4v) is 1.62. The molecule has 0 amide bonds. The van der Waals surface area contributed by atoms with Crippen molar-refractivity contribution < 1.29 is 0 Å². The predicted molar refractivity (Wildman–Crippen MR) is 58.5 cm³/mol. The normalized spacial score (nSPS) is 30.0. The van der Waals surface area contributed by atoms with Crippen molar-refractivity contribution in [1.29, 1.82) is 0 Å². The molecule has 1 N–H and O–H groups in total. The Balaban J connectivity index is 2.30. The molecule has 0 spiro atoms. The maximum atomic E-state index is 4.16. The van der Waals surface area contributed by atoms with Crippen LogP contribution in [0.15, 0.2) is 29.3 Å². The van der Waals surface area contributed by atoms with Crippen molar-refractivity contribution in [2.75, 3.05) is 0 Å². The van der Waals surface area contributed by atoms with E-state index in [9.17, 15) is 0 Å². The Morgan fingerprint density at radius 2 is 2.14 bits per heavy atom. The molecule has 0 aliphatic carbocycles. The molecule has 1 atom stereocenters. The van der Waals surface area contributed by atoms with Gasteiger partial charge in [-0.15, -0.1) is 0 Å². The molecule has 2 aliphatic rings. The molecule has 0 fully saturated rings. The summed E-state index contributed by atoms with van der Waals surface area (Å²) in [6.07, 6.45) is 7.89. The van der Waals surface area contributed by atoms with Gasteiger partial charge >= 0.3 is 0 Å². The van der Waals surface area contributed by atoms with Crippen LogP contribution in [0.4, 0.5) is 0 Å². The SMILES string of the molecule is CC(C)(C)C1=CN2C=CN=CC2(C)N1. The van der Waals surface area contributed by atoms with Crippen molar-refractivity contribution in [3.05, 3.63) is 24.3 Å². The quantitative estimate of drug-likeness (QED) is 0.634. The van der Waals surface area contributed by atoms with Crippen molar-refractivity contribution in [2.45, 2.75) is 33.4 Å². The molecule has 0 aromatic rings. The summed E-state index contributed by atoms with van der Waals surface area (Å²) in [6.45, 7) is 8.73. The monoisotopic (exact) mass is 191 g/mol. The average Bonchev–Trinajstić information content (AvgIpc) is 2.40. The number of aliphatic imine (C=N–C) groups is 1. The standard InChI is InChI=1S/C11H17N3/c1-10(2,3)9-7-14-6-5-12-8-11(14,4)13-9/h5-8,13H,1-4H3. The molecule has 0 bridgehead atoms. The third kappa shape index (κ3) is 1.33. The third-order valence-corrected chi connectivity index (χ3v) is 2.64. The Kier molecular flexibility index (Phi) is 1.74. The molecule has 14 heavy (non-hydrogen) atoms. The minimum Gasteiger partial charge on any atom is -0.360 e. The van der Waals surface area contributed by atoms with E-state index in [4.69, 9.17) is 0 Å². The molecule has 0 aromatic carbocycles. The molecule has 2 rings (SSSR count). The number of nitrogens with zero attached hydrogens (tertiary/aromatic N) is 2. The minimum atomic E-state index is -0.169. The van der Waals surface area contributed by atoms with Crippen LogP contribution in [0.5, 0.6) is 0 Å². The van der Waals surface area contributed by atoms with Gasteiger partial charge in [-0.2, -0.15) is 0 Å². The van der Waals surface area contributed by atoms with Crippen LogP contribution >= 0.6 is 0 Å². The predicted octanol–water partition coefficient (Wildman–Crippen LogP) is 2.05. The van der Waals surface area contributed by atoms with E-state index in [1.165, 1.54) is 5.70 Å². The van der Waals surface area contributed by atoms with Gasteiger partial charge in [0.15, 0.2) is 0 Å². The van der Waals surface area contributed by atoms with Gasteiger partial charge in [0.05, 0.1) is 6.21 Å². The summed E-state index contributed by atoms with van der Waals surface area (Å²) in [5.41, 5.74) is 1.23. The Bertz CT molecular complexity index is 333. The Morgan fingerprint density at radius 1 is 1.43 bits per heavy atom. The fourth-order valence-electron chi connectivity index (χ4n) is 1.62. The lowest BCUT2D eigenvalue weighted by Crippen LogP contribution is -2.50. The maximum absolute atomic E-state index is 4.16. The van der Waals surface area contributed by atoms with Crippen molar-refractivity contribution in [1.82, 2.24) is 10.2 Å². The van der Waals surface area contributed by atoms with Crippen LogP contribution in [0.1, 0.15) is 27.7 Å². The molecule has 1 unspecified atom stereocenters. The molecular formula is C11H17N3. The Morgan fingerprint density at radius 3 is 2.71 bits per heavy atom. The fraction of sp³-hybridized carbons (Fsp3) is 0.545. The van der Waals surface area contributed by atoms with Gasteiger partial charge in [-0.1, -0.05) is 20.8 Å². The van der Waals surface area contributed by atoms with E-state index in [1.807, 2.05) is 18.6 Å². The Hall–Kier alpha value is -1.25. The number of fused-ring (bicyclic) bond motifs is 1. The minimum absolute atomic E-state index is 0.155. The second kappa shape index (κ2) is 2.62. The Labute approximate surface area is 85.2 Å². The zero-order valence-corrected chi connectivity index (χ0v) is 9.20. The summed E-state index contributed by atoms with van der Waals surface area (Å²) in [6, 6.07) is 0. The first kappa shape index (κ1) is 9.31. The van der Waals surface area contributed by atoms with Crippen LogP contribution in [0, 0.1) is 5.41 Å². The molecule has 0 saturated carbocycles. The average molecular weight is 191 g/mol. The van der Waals surface area contributed by atoms with E-state index in [1.54, 1.807) is 0 Å². The molecule has 0 radical (unpaired) electrons. The molecule has 0 saturated heterocycles. The number of nitrogens with one attached hydrogen (secondary N) is 1. The molecular weight excluding hydrogens is 174 g/mol. The molecule has 3 nitrogen and oxygen atoms in total. The highest BCUT2D eigenvalue weighted by atomic mass is 15.4. The third-order valence-electron chi connectivity index (χ3n) is 2.64. The molecule has 0 aromatic heterocycles. The molecule has 76 valence electrons. The van der Waals surface area contributed by atoms with Gasteiger partial charge in [0, 0.05) is 29.7 Å². The first-order valence-corrected chi connectivity index (χ1v) is 4.92. The molecule has 2 heterocycles. The lowest BCUT2D eigenvalue weighted by atomic mass is 9.92. The van der Waals surface area contributed by atoms with E-state index < -0.39 is 0 Å². The van der Waals surface area contributed by atoms with Gasteiger partial charge in [0.2, 0.25) is 0 Å². The number of hydrogen-bond donors (Lipinski definition) is 1. The van der Waals surface area contributed by atoms with E-state index >= 15 is 0 Å². The van der Waals surface area contributed by atoms with Crippen molar-refractivity contribution in [3.63, 3.8) is 0 Å². The maximum Gasteiger partial charge on any atom is 0.147 e. The van der Waals surface area contributed by atoms with Crippen LogP contribution in [0.3, 0.4) is 0 Å². The van der Waals surface area contributed by atoms with Crippen LogP contribution in [0.2, 0.25) is 0 Å². The van der Waals surface area contributed by atoms with Gasteiger partial charge in [-0.05, 0) is 6.92 Å².